The van der Waals surface area contributed by atoms with Gasteiger partial charge in [0, 0.05) is 19.1 Å². The molecule has 5 heteroatoms. The zero-order valence-corrected chi connectivity index (χ0v) is 10.1. The lowest BCUT2D eigenvalue weighted by atomic mass is 10.1. The van der Waals surface area contributed by atoms with Crippen molar-refractivity contribution in [3.63, 3.8) is 0 Å². The van der Waals surface area contributed by atoms with Crippen LogP contribution in [0.2, 0.25) is 0 Å². The molecule has 5 nitrogen and oxygen atoms in total. The second-order valence-corrected chi connectivity index (χ2v) is 4.73. The van der Waals surface area contributed by atoms with Crippen molar-refractivity contribution >= 4 is 11.6 Å². The highest BCUT2D eigenvalue weighted by Crippen LogP contribution is 2.24. The Morgan fingerprint density at radius 3 is 2.56 bits per heavy atom. The van der Waals surface area contributed by atoms with Gasteiger partial charge in [-0.05, 0) is 32.1 Å². The minimum absolute atomic E-state index is 0.472. The van der Waals surface area contributed by atoms with Crippen molar-refractivity contribution in [3.8, 4) is 0 Å². The average Bonchev–Trinajstić information content (AvgIpc) is 2.61. The van der Waals surface area contributed by atoms with Gasteiger partial charge in [0.1, 0.15) is 5.82 Å². The van der Waals surface area contributed by atoms with Crippen LogP contribution in [0.5, 0.6) is 0 Å². The Morgan fingerprint density at radius 2 is 2.06 bits per heavy atom. The minimum atomic E-state index is 0.472. The second kappa shape index (κ2) is 4.25. The fourth-order valence-corrected chi connectivity index (χ4v) is 2.31. The van der Waals surface area contributed by atoms with Gasteiger partial charge in [-0.3, -0.25) is 0 Å². The molecule has 2 N–H and O–H groups in total. The normalized spacial score (nSPS) is 25.4. The van der Waals surface area contributed by atoms with Crippen LogP contribution in [0.1, 0.15) is 6.92 Å². The summed E-state index contributed by atoms with van der Waals surface area (Å²) in [5.74, 6) is 2.04. The molecule has 0 bridgehead atoms. The van der Waals surface area contributed by atoms with Gasteiger partial charge in [-0.15, -0.1) is 10.2 Å². The van der Waals surface area contributed by atoms with Crippen LogP contribution < -0.4 is 10.6 Å². The summed E-state index contributed by atoms with van der Waals surface area (Å²) in [6.45, 7) is 4.31. The number of aromatic nitrogens is 2. The summed E-state index contributed by atoms with van der Waals surface area (Å²) in [6.07, 6.45) is 0. The monoisotopic (exact) mass is 221 g/mol. The molecule has 1 fully saturated rings. The van der Waals surface area contributed by atoms with Crippen molar-refractivity contribution in [1.82, 2.24) is 15.1 Å². The van der Waals surface area contributed by atoms with Gasteiger partial charge in [0.15, 0.2) is 5.82 Å². The van der Waals surface area contributed by atoms with Crippen LogP contribution in [0.15, 0.2) is 12.1 Å². The highest BCUT2D eigenvalue weighted by atomic mass is 15.3. The number of anilines is 2. The van der Waals surface area contributed by atoms with E-state index in [-0.39, 0.29) is 0 Å². The zero-order chi connectivity index (χ0) is 11.7. The third-order valence-corrected chi connectivity index (χ3v) is 3.23. The third-order valence-electron chi connectivity index (χ3n) is 3.23. The molecule has 0 radical (unpaired) electrons. The maximum atomic E-state index is 5.53. The molecule has 16 heavy (non-hydrogen) atoms. The molecule has 0 aliphatic carbocycles. The predicted molar refractivity (Wildman–Crippen MR) is 65.3 cm³/mol. The lowest BCUT2D eigenvalue weighted by Gasteiger charge is -2.22. The molecule has 0 aromatic carbocycles. The summed E-state index contributed by atoms with van der Waals surface area (Å²) in [5.41, 5.74) is 5.53. The van der Waals surface area contributed by atoms with E-state index in [2.05, 4.69) is 41.0 Å². The number of nitrogens with zero attached hydrogens (tertiary/aromatic N) is 4. The summed E-state index contributed by atoms with van der Waals surface area (Å²) in [5, 5.41) is 8.01. The van der Waals surface area contributed by atoms with E-state index in [0.717, 1.165) is 18.9 Å². The first-order valence-electron chi connectivity index (χ1n) is 5.58. The second-order valence-electron chi connectivity index (χ2n) is 4.73. The predicted octanol–water partition coefficient (Wildman–Crippen LogP) is 0.445. The largest absolute Gasteiger partial charge is 0.382 e. The van der Waals surface area contributed by atoms with Crippen LogP contribution >= 0.6 is 0 Å². The minimum Gasteiger partial charge on any atom is -0.382 e. The van der Waals surface area contributed by atoms with Gasteiger partial charge in [0.2, 0.25) is 0 Å². The van der Waals surface area contributed by atoms with Gasteiger partial charge >= 0.3 is 0 Å². The summed E-state index contributed by atoms with van der Waals surface area (Å²) in [7, 11) is 4.25. The SMILES string of the molecule is CC1CN(c2ccc(N)nn2)CC1N(C)C. The van der Waals surface area contributed by atoms with Gasteiger partial charge in [0.25, 0.3) is 0 Å². The lowest BCUT2D eigenvalue weighted by molar-refractivity contribution is 0.266. The van der Waals surface area contributed by atoms with Crippen LogP contribution in [-0.2, 0) is 0 Å². The van der Waals surface area contributed by atoms with Gasteiger partial charge in [0.05, 0.1) is 0 Å². The molecule has 88 valence electrons. The van der Waals surface area contributed by atoms with E-state index >= 15 is 0 Å². The van der Waals surface area contributed by atoms with E-state index in [1.54, 1.807) is 6.07 Å². The van der Waals surface area contributed by atoms with Crippen LogP contribution in [-0.4, -0.2) is 48.3 Å². The molecule has 0 amide bonds. The fourth-order valence-electron chi connectivity index (χ4n) is 2.31. The third kappa shape index (κ3) is 2.09. The number of nitrogen functional groups attached to an aromatic ring is 1. The topological polar surface area (TPSA) is 58.3 Å². The number of likely N-dealkylation sites (N-methyl/N-ethyl adjacent to an activating group) is 1. The smallest absolute Gasteiger partial charge is 0.151 e. The molecule has 1 aromatic rings. The van der Waals surface area contributed by atoms with Crippen molar-refractivity contribution in [1.29, 1.82) is 0 Å². The molecule has 0 spiro atoms. The summed E-state index contributed by atoms with van der Waals surface area (Å²) >= 11 is 0. The Bertz CT molecular complexity index is 348. The van der Waals surface area contributed by atoms with E-state index < -0.39 is 0 Å². The first kappa shape index (κ1) is 11.1. The first-order chi connectivity index (χ1) is 7.58. The number of hydrogen-bond acceptors (Lipinski definition) is 5. The number of rotatable bonds is 2. The molecule has 1 aliphatic rings. The van der Waals surface area contributed by atoms with Crippen molar-refractivity contribution in [2.45, 2.75) is 13.0 Å². The molecule has 1 aromatic heterocycles. The standard InChI is InChI=1S/C11H19N5/c1-8-6-16(7-9(8)15(2)3)11-5-4-10(12)13-14-11/h4-5,8-9H,6-7H2,1-3H3,(H2,12,13). The highest BCUT2D eigenvalue weighted by Gasteiger charge is 2.31. The molecule has 1 aliphatic heterocycles. The van der Waals surface area contributed by atoms with Gasteiger partial charge < -0.3 is 15.5 Å². The molecule has 2 atom stereocenters. The highest BCUT2D eigenvalue weighted by molar-refractivity contribution is 5.42. The maximum Gasteiger partial charge on any atom is 0.151 e. The number of nitrogens with two attached hydrogens (primary N) is 1. The Morgan fingerprint density at radius 1 is 1.31 bits per heavy atom. The van der Waals surface area contributed by atoms with E-state index in [1.807, 2.05) is 6.07 Å². The van der Waals surface area contributed by atoms with E-state index in [9.17, 15) is 0 Å². The Hall–Kier alpha value is -1.36. The van der Waals surface area contributed by atoms with E-state index in [0.29, 0.717) is 17.8 Å². The lowest BCUT2D eigenvalue weighted by Crippen LogP contribution is -2.34. The van der Waals surface area contributed by atoms with Crippen LogP contribution in [0, 0.1) is 5.92 Å². The zero-order valence-electron chi connectivity index (χ0n) is 10.1. The van der Waals surface area contributed by atoms with Crippen LogP contribution in [0.3, 0.4) is 0 Å². The summed E-state index contributed by atoms with van der Waals surface area (Å²) < 4.78 is 0. The van der Waals surface area contributed by atoms with Crippen molar-refractivity contribution < 1.29 is 0 Å². The molecular weight excluding hydrogens is 202 g/mol. The van der Waals surface area contributed by atoms with Crippen LogP contribution in [0.25, 0.3) is 0 Å². The Balaban J connectivity index is 2.10. The van der Waals surface area contributed by atoms with E-state index in [4.69, 9.17) is 5.73 Å². The molecule has 2 heterocycles. The van der Waals surface area contributed by atoms with Crippen molar-refractivity contribution in [2.75, 3.05) is 37.8 Å². The molecular formula is C11H19N5. The van der Waals surface area contributed by atoms with Crippen molar-refractivity contribution in [2.24, 2.45) is 5.92 Å². The summed E-state index contributed by atoms with van der Waals surface area (Å²) in [6, 6.07) is 4.32. The Kier molecular flexibility index (Phi) is 2.96. The Labute approximate surface area is 96.2 Å². The van der Waals surface area contributed by atoms with Gasteiger partial charge in [-0.25, -0.2) is 0 Å². The molecule has 2 rings (SSSR count). The van der Waals surface area contributed by atoms with Gasteiger partial charge in [-0.1, -0.05) is 6.92 Å². The van der Waals surface area contributed by atoms with Gasteiger partial charge in [-0.2, -0.15) is 0 Å². The first-order valence-corrected chi connectivity index (χ1v) is 5.58. The molecule has 0 saturated carbocycles. The fraction of sp³-hybridized carbons (Fsp3) is 0.636. The number of hydrogen-bond donors (Lipinski definition) is 1. The average molecular weight is 221 g/mol. The quantitative estimate of drug-likeness (QED) is 0.785. The maximum absolute atomic E-state index is 5.53. The summed E-state index contributed by atoms with van der Waals surface area (Å²) in [4.78, 5) is 4.54. The molecule has 1 saturated heterocycles. The van der Waals surface area contributed by atoms with Crippen molar-refractivity contribution in [3.05, 3.63) is 12.1 Å². The molecule has 2 unspecified atom stereocenters. The van der Waals surface area contributed by atoms with E-state index in [1.165, 1.54) is 0 Å². The van der Waals surface area contributed by atoms with Crippen LogP contribution in [0.4, 0.5) is 11.6 Å².